The number of hydrogen-bond acceptors (Lipinski definition) is 3. The molecule has 3 rings (SSSR count). The van der Waals surface area contributed by atoms with Gasteiger partial charge in [-0.05, 0) is 41.0 Å². The molecule has 0 saturated heterocycles. The molecular formula is C22H21N3O. The minimum absolute atomic E-state index is 0.0601. The summed E-state index contributed by atoms with van der Waals surface area (Å²) in [6.07, 6.45) is 0.373. The van der Waals surface area contributed by atoms with E-state index in [2.05, 4.69) is 47.9 Å². The van der Waals surface area contributed by atoms with Crippen molar-refractivity contribution >= 4 is 22.4 Å². The predicted molar refractivity (Wildman–Crippen MR) is 105 cm³/mol. The maximum atomic E-state index is 12.2. The van der Waals surface area contributed by atoms with E-state index in [1.165, 1.54) is 16.3 Å². The van der Waals surface area contributed by atoms with Crippen molar-refractivity contribution in [3.05, 3.63) is 77.9 Å². The third-order valence-electron chi connectivity index (χ3n) is 4.38. The Labute approximate surface area is 153 Å². The van der Waals surface area contributed by atoms with Crippen molar-refractivity contribution in [2.24, 2.45) is 0 Å². The van der Waals surface area contributed by atoms with Crippen molar-refractivity contribution in [2.45, 2.75) is 19.4 Å². The number of hydrogen-bond donors (Lipinski definition) is 2. The molecule has 3 aromatic rings. The van der Waals surface area contributed by atoms with E-state index in [1.807, 2.05) is 42.5 Å². The molecule has 0 heterocycles. The summed E-state index contributed by atoms with van der Waals surface area (Å²) in [5.41, 5.74) is 2.85. The first kappa shape index (κ1) is 17.7. The number of carbonyl (C=O) groups excluding carboxylic acids is 1. The minimum atomic E-state index is -0.0925. The molecule has 0 aromatic heterocycles. The molecule has 130 valence electrons. The van der Waals surface area contributed by atoms with Gasteiger partial charge >= 0.3 is 0 Å². The van der Waals surface area contributed by atoms with E-state index in [0.29, 0.717) is 6.42 Å². The molecule has 1 amide bonds. The van der Waals surface area contributed by atoms with E-state index in [1.54, 1.807) is 0 Å². The van der Waals surface area contributed by atoms with Crippen LogP contribution in [0.15, 0.2) is 66.7 Å². The maximum Gasteiger partial charge on any atom is 0.238 e. The van der Waals surface area contributed by atoms with Crippen LogP contribution in [0.25, 0.3) is 10.8 Å². The van der Waals surface area contributed by atoms with E-state index in [9.17, 15) is 4.79 Å². The molecule has 4 heteroatoms. The lowest BCUT2D eigenvalue weighted by Gasteiger charge is -2.16. The van der Waals surface area contributed by atoms with Gasteiger partial charge in [0.15, 0.2) is 0 Å². The number of fused-ring (bicyclic) bond motifs is 1. The molecule has 0 radical (unpaired) electrons. The van der Waals surface area contributed by atoms with Crippen molar-refractivity contribution in [2.75, 3.05) is 11.9 Å². The van der Waals surface area contributed by atoms with Crippen LogP contribution in [0, 0.1) is 11.3 Å². The Morgan fingerprint density at radius 3 is 2.54 bits per heavy atom. The zero-order valence-electron chi connectivity index (χ0n) is 14.7. The van der Waals surface area contributed by atoms with Crippen LogP contribution < -0.4 is 10.6 Å². The molecule has 1 atom stereocenters. The summed E-state index contributed by atoms with van der Waals surface area (Å²) in [6.45, 7) is 2.29. The Kier molecular flexibility index (Phi) is 5.62. The molecule has 2 N–H and O–H groups in total. The topological polar surface area (TPSA) is 64.9 Å². The average molecular weight is 343 g/mol. The van der Waals surface area contributed by atoms with Crippen LogP contribution in [0.5, 0.6) is 0 Å². The molecule has 26 heavy (non-hydrogen) atoms. The van der Waals surface area contributed by atoms with Crippen molar-refractivity contribution in [3.63, 3.8) is 0 Å². The number of nitrogens with one attached hydrogen (secondary N) is 2. The average Bonchev–Trinajstić information content (AvgIpc) is 2.67. The van der Waals surface area contributed by atoms with E-state index >= 15 is 0 Å². The summed E-state index contributed by atoms with van der Waals surface area (Å²) >= 11 is 0. The fraction of sp³-hybridized carbons (Fsp3) is 0.182. The fourth-order valence-electron chi connectivity index (χ4n) is 2.99. The van der Waals surface area contributed by atoms with Gasteiger partial charge in [-0.15, -0.1) is 0 Å². The van der Waals surface area contributed by atoms with Crippen LogP contribution in [-0.4, -0.2) is 12.5 Å². The quantitative estimate of drug-likeness (QED) is 0.705. The van der Waals surface area contributed by atoms with Crippen LogP contribution >= 0.6 is 0 Å². The Balaban J connectivity index is 1.59. The summed E-state index contributed by atoms with van der Waals surface area (Å²) in [4.78, 5) is 12.2. The highest BCUT2D eigenvalue weighted by Gasteiger charge is 2.10. The summed E-state index contributed by atoms with van der Waals surface area (Å²) in [7, 11) is 0. The summed E-state index contributed by atoms with van der Waals surface area (Å²) in [5.74, 6) is -0.0925. The number of nitrogens with zero attached hydrogens (tertiary/aromatic N) is 1. The van der Waals surface area contributed by atoms with Gasteiger partial charge in [0.1, 0.15) is 0 Å². The van der Waals surface area contributed by atoms with Gasteiger partial charge in [-0.1, -0.05) is 54.6 Å². The lowest BCUT2D eigenvalue weighted by molar-refractivity contribution is -0.115. The Hall–Kier alpha value is -3.16. The van der Waals surface area contributed by atoms with E-state index < -0.39 is 0 Å². The fourth-order valence-corrected chi connectivity index (χ4v) is 2.99. The van der Waals surface area contributed by atoms with Crippen LogP contribution in [-0.2, 0) is 11.2 Å². The molecule has 0 aliphatic heterocycles. The van der Waals surface area contributed by atoms with Gasteiger partial charge in [-0.2, -0.15) is 5.26 Å². The van der Waals surface area contributed by atoms with Crippen LogP contribution in [0.2, 0.25) is 0 Å². The van der Waals surface area contributed by atoms with Crippen molar-refractivity contribution in [1.82, 2.24) is 5.32 Å². The van der Waals surface area contributed by atoms with Crippen LogP contribution in [0.3, 0.4) is 0 Å². The predicted octanol–water partition coefficient (Wildman–Crippen LogP) is 4.20. The summed E-state index contributed by atoms with van der Waals surface area (Å²) in [6, 6.07) is 24.0. The smallest absolute Gasteiger partial charge is 0.238 e. The molecule has 3 aromatic carbocycles. The first-order valence-electron chi connectivity index (χ1n) is 8.64. The highest BCUT2D eigenvalue weighted by atomic mass is 16.1. The van der Waals surface area contributed by atoms with Gasteiger partial charge in [0, 0.05) is 11.7 Å². The first-order chi connectivity index (χ1) is 12.7. The molecule has 0 bridgehead atoms. The molecular weight excluding hydrogens is 322 g/mol. The van der Waals surface area contributed by atoms with E-state index in [4.69, 9.17) is 5.26 Å². The number of carbonyl (C=O) groups is 1. The summed E-state index contributed by atoms with van der Waals surface area (Å²) < 4.78 is 0. The second kappa shape index (κ2) is 8.28. The van der Waals surface area contributed by atoms with Gasteiger partial charge < -0.3 is 10.6 Å². The number of benzene rings is 3. The van der Waals surface area contributed by atoms with Gasteiger partial charge in [0.2, 0.25) is 5.91 Å². The summed E-state index contributed by atoms with van der Waals surface area (Å²) in [5, 5.41) is 17.2. The van der Waals surface area contributed by atoms with Crippen molar-refractivity contribution < 1.29 is 4.79 Å². The second-order valence-corrected chi connectivity index (χ2v) is 6.25. The zero-order valence-corrected chi connectivity index (χ0v) is 14.7. The van der Waals surface area contributed by atoms with Crippen LogP contribution in [0.4, 0.5) is 5.69 Å². The number of rotatable bonds is 6. The molecule has 0 saturated carbocycles. The van der Waals surface area contributed by atoms with Crippen LogP contribution in [0.1, 0.15) is 24.1 Å². The molecule has 0 fully saturated rings. The number of amides is 1. The molecule has 0 spiro atoms. The monoisotopic (exact) mass is 343 g/mol. The highest BCUT2D eigenvalue weighted by Crippen LogP contribution is 2.23. The number of nitriles is 1. The van der Waals surface area contributed by atoms with E-state index in [0.717, 1.165) is 11.3 Å². The molecule has 4 nitrogen and oxygen atoms in total. The van der Waals surface area contributed by atoms with E-state index in [-0.39, 0.29) is 18.5 Å². The van der Waals surface area contributed by atoms with Gasteiger partial charge in [-0.25, -0.2) is 0 Å². The number of anilines is 1. The highest BCUT2D eigenvalue weighted by molar-refractivity contribution is 5.92. The Morgan fingerprint density at radius 2 is 1.77 bits per heavy atom. The molecule has 0 aliphatic rings. The minimum Gasteiger partial charge on any atom is -0.325 e. The lowest BCUT2D eigenvalue weighted by atomic mass is 10.00. The lowest BCUT2D eigenvalue weighted by Crippen LogP contribution is -2.30. The zero-order chi connectivity index (χ0) is 18.4. The van der Waals surface area contributed by atoms with Gasteiger partial charge in [0.05, 0.1) is 19.0 Å². The Bertz CT molecular complexity index is 936. The molecule has 0 unspecified atom stereocenters. The first-order valence-corrected chi connectivity index (χ1v) is 8.64. The molecule has 0 aliphatic carbocycles. The van der Waals surface area contributed by atoms with Gasteiger partial charge in [0.25, 0.3) is 0 Å². The third kappa shape index (κ3) is 4.27. The van der Waals surface area contributed by atoms with Gasteiger partial charge in [-0.3, -0.25) is 4.79 Å². The second-order valence-electron chi connectivity index (χ2n) is 6.25. The SMILES string of the molecule is C[C@H](NCC(=O)Nc1ccc(CC#N)cc1)c1cccc2ccccc12. The third-order valence-corrected chi connectivity index (χ3v) is 4.38. The largest absolute Gasteiger partial charge is 0.325 e. The maximum absolute atomic E-state index is 12.2. The van der Waals surface area contributed by atoms with Crippen molar-refractivity contribution in [3.8, 4) is 6.07 Å². The van der Waals surface area contributed by atoms with Crippen molar-refractivity contribution in [1.29, 1.82) is 5.26 Å². The normalized spacial score (nSPS) is 11.7. The Morgan fingerprint density at radius 1 is 1.04 bits per heavy atom. The standard InChI is InChI=1S/C22H21N3O/c1-16(20-8-4-6-18-5-2-3-7-21(18)20)24-15-22(26)25-19-11-9-17(10-12-19)13-14-23/h2-12,16,24H,13,15H2,1H3,(H,25,26)/t16-/m0/s1.